The Bertz CT molecular complexity index is 274. The lowest BCUT2D eigenvalue weighted by Gasteiger charge is -2.25. The van der Waals surface area contributed by atoms with Crippen molar-refractivity contribution in [2.24, 2.45) is 11.8 Å². The van der Waals surface area contributed by atoms with Crippen LogP contribution < -0.4 is 0 Å². The molecule has 0 N–H and O–H groups in total. The number of ether oxygens (including phenoxy) is 1. The Kier molecular flexibility index (Phi) is 7.83. The van der Waals surface area contributed by atoms with Crippen LogP contribution in [0.15, 0.2) is 0 Å². The van der Waals surface area contributed by atoms with Crippen LogP contribution in [-0.2, 0) is 14.3 Å². The van der Waals surface area contributed by atoms with Gasteiger partial charge in [0.2, 0.25) is 0 Å². The number of nitrogens with zero attached hydrogens (tertiary/aromatic N) is 1. The lowest BCUT2D eigenvalue weighted by Crippen LogP contribution is -2.38. The standard InChI is InChI=1S/C14H27NO3/c1-7-18-14(17)11(4)9-13(16)12(15(5)6)8-10(2)3/h10-12H,7-9H2,1-6H3. The number of Topliss-reactive ketones (excluding diaryl/α,β-unsaturated/α-hetero) is 1. The summed E-state index contributed by atoms with van der Waals surface area (Å²) in [4.78, 5) is 25.6. The molecule has 18 heavy (non-hydrogen) atoms. The van der Waals surface area contributed by atoms with Crippen LogP contribution in [-0.4, -0.2) is 43.4 Å². The van der Waals surface area contributed by atoms with Gasteiger partial charge in [0, 0.05) is 6.42 Å². The SMILES string of the molecule is CCOC(=O)C(C)CC(=O)C(CC(C)C)N(C)C. The summed E-state index contributed by atoms with van der Waals surface area (Å²) in [5.74, 6) is -0.0616. The Balaban J connectivity index is 4.46. The van der Waals surface area contributed by atoms with Crippen LogP contribution in [0.2, 0.25) is 0 Å². The number of carbonyl (C=O) groups is 2. The summed E-state index contributed by atoms with van der Waals surface area (Å²) in [6.45, 7) is 8.07. The lowest BCUT2D eigenvalue weighted by molar-refractivity contribution is -0.149. The molecule has 0 aromatic heterocycles. The van der Waals surface area contributed by atoms with Crippen LogP contribution in [0.5, 0.6) is 0 Å². The van der Waals surface area contributed by atoms with Crippen LogP contribution in [0.3, 0.4) is 0 Å². The normalized spacial score (nSPS) is 14.7. The van der Waals surface area contributed by atoms with Crippen LogP contribution >= 0.6 is 0 Å². The third-order valence-electron chi connectivity index (χ3n) is 2.89. The highest BCUT2D eigenvalue weighted by Crippen LogP contribution is 2.15. The smallest absolute Gasteiger partial charge is 0.309 e. The maximum atomic E-state index is 12.2. The van der Waals surface area contributed by atoms with Crippen molar-refractivity contribution in [3.05, 3.63) is 0 Å². The van der Waals surface area contributed by atoms with E-state index in [1.54, 1.807) is 13.8 Å². The molecule has 2 unspecified atom stereocenters. The van der Waals surface area contributed by atoms with Gasteiger partial charge in [-0.05, 0) is 33.4 Å². The first-order valence-corrected chi connectivity index (χ1v) is 6.65. The van der Waals surface area contributed by atoms with E-state index in [0.29, 0.717) is 12.5 Å². The molecule has 0 heterocycles. The van der Waals surface area contributed by atoms with Gasteiger partial charge in [0.05, 0.1) is 18.6 Å². The summed E-state index contributed by atoms with van der Waals surface area (Å²) in [5.41, 5.74) is 0. The van der Waals surface area contributed by atoms with Crippen molar-refractivity contribution >= 4 is 11.8 Å². The molecule has 0 aliphatic carbocycles. The average Bonchev–Trinajstić information content (AvgIpc) is 2.25. The van der Waals surface area contributed by atoms with Crippen molar-refractivity contribution in [2.75, 3.05) is 20.7 Å². The zero-order chi connectivity index (χ0) is 14.3. The van der Waals surface area contributed by atoms with E-state index in [1.807, 2.05) is 19.0 Å². The van der Waals surface area contributed by atoms with Crippen molar-refractivity contribution in [1.82, 2.24) is 4.90 Å². The van der Waals surface area contributed by atoms with Crippen LogP contribution in [0.1, 0.15) is 40.5 Å². The van der Waals surface area contributed by atoms with Crippen molar-refractivity contribution < 1.29 is 14.3 Å². The number of rotatable bonds is 8. The molecule has 0 aromatic rings. The minimum absolute atomic E-state index is 0.109. The van der Waals surface area contributed by atoms with E-state index >= 15 is 0 Å². The maximum Gasteiger partial charge on any atom is 0.309 e. The zero-order valence-corrected chi connectivity index (χ0v) is 12.5. The van der Waals surface area contributed by atoms with E-state index in [0.717, 1.165) is 6.42 Å². The number of esters is 1. The second-order valence-electron chi connectivity index (χ2n) is 5.43. The van der Waals surface area contributed by atoms with Gasteiger partial charge >= 0.3 is 5.97 Å². The zero-order valence-electron chi connectivity index (χ0n) is 12.5. The van der Waals surface area contributed by atoms with E-state index in [2.05, 4.69) is 13.8 Å². The first kappa shape index (κ1) is 17.1. The first-order chi connectivity index (χ1) is 8.29. The van der Waals surface area contributed by atoms with Gasteiger partial charge in [-0.2, -0.15) is 0 Å². The molecule has 0 aliphatic heterocycles. The van der Waals surface area contributed by atoms with Crippen LogP contribution in [0, 0.1) is 11.8 Å². The Labute approximate surface area is 111 Å². The van der Waals surface area contributed by atoms with Crippen molar-refractivity contribution in [3.63, 3.8) is 0 Å². The molecule has 0 saturated carbocycles. The fourth-order valence-electron chi connectivity index (χ4n) is 1.88. The van der Waals surface area contributed by atoms with Gasteiger partial charge in [-0.1, -0.05) is 20.8 Å². The van der Waals surface area contributed by atoms with Gasteiger partial charge in [0.25, 0.3) is 0 Å². The molecule has 0 saturated heterocycles. The molecule has 0 bridgehead atoms. The van der Waals surface area contributed by atoms with E-state index in [9.17, 15) is 9.59 Å². The molecule has 0 aromatic carbocycles. The van der Waals surface area contributed by atoms with Gasteiger partial charge in [0.1, 0.15) is 0 Å². The number of ketones is 1. The van der Waals surface area contributed by atoms with Gasteiger partial charge in [0.15, 0.2) is 5.78 Å². The molecule has 0 aliphatic rings. The van der Waals surface area contributed by atoms with Gasteiger partial charge in [-0.15, -0.1) is 0 Å². The second-order valence-corrected chi connectivity index (χ2v) is 5.43. The topological polar surface area (TPSA) is 46.6 Å². The number of hydrogen-bond donors (Lipinski definition) is 0. The molecule has 0 radical (unpaired) electrons. The highest BCUT2D eigenvalue weighted by molar-refractivity contribution is 5.88. The predicted octanol–water partition coefficient (Wildman–Crippen LogP) is 2.12. The summed E-state index contributed by atoms with van der Waals surface area (Å²) < 4.78 is 4.92. The monoisotopic (exact) mass is 257 g/mol. The number of likely N-dealkylation sites (N-methyl/N-ethyl adjacent to an activating group) is 1. The van der Waals surface area contributed by atoms with E-state index < -0.39 is 0 Å². The van der Waals surface area contributed by atoms with Gasteiger partial charge in [-0.25, -0.2) is 0 Å². The molecule has 0 amide bonds. The summed E-state index contributed by atoms with van der Waals surface area (Å²) in [6.07, 6.45) is 1.08. The molecule has 2 atom stereocenters. The minimum Gasteiger partial charge on any atom is -0.466 e. The van der Waals surface area contributed by atoms with Crippen LogP contribution in [0.25, 0.3) is 0 Å². The first-order valence-electron chi connectivity index (χ1n) is 6.65. The second kappa shape index (κ2) is 8.25. The fourth-order valence-corrected chi connectivity index (χ4v) is 1.88. The minimum atomic E-state index is -0.355. The molecular formula is C14H27NO3. The quantitative estimate of drug-likeness (QED) is 0.625. The molecule has 4 nitrogen and oxygen atoms in total. The summed E-state index contributed by atoms with van der Waals surface area (Å²) in [6, 6.07) is -0.109. The van der Waals surface area contributed by atoms with Crippen molar-refractivity contribution in [3.8, 4) is 0 Å². The Morgan fingerprint density at radius 1 is 1.17 bits per heavy atom. The highest BCUT2D eigenvalue weighted by Gasteiger charge is 2.26. The van der Waals surface area contributed by atoms with Crippen molar-refractivity contribution in [1.29, 1.82) is 0 Å². The van der Waals surface area contributed by atoms with Crippen LogP contribution in [0.4, 0.5) is 0 Å². The summed E-state index contributed by atoms with van der Waals surface area (Å²) in [7, 11) is 3.81. The largest absolute Gasteiger partial charge is 0.466 e. The van der Waals surface area contributed by atoms with Crippen molar-refractivity contribution in [2.45, 2.75) is 46.6 Å². The number of hydrogen-bond acceptors (Lipinski definition) is 4. The van der Waals surface area contributed by atoms with Gasteiger partial charge < -0.3 is 4.74 Å². The maximum absolute atomic E-state index is 12.2. The number of carbonyl (C=O) groups excluding carboxylic acids is 2. The van der Waals surface area contributed by atoms with Gasteiger partial charge in [-0.3, -0.25) is 14.5 Å². The predicted molar refractivity (Wildman–Crippen MR) is 72.4 cm³/mol. The van der Waals surface area contributed by atoms with E-state index in [4.69, 9.17) is 4.74 Å². The third kappa shape index (κ3) is 6.15. The Hall–Kier alpha value is -0.900. The van der Waals surface area contributed by atoms with E-state index in [-0.39, 0.29) is 30.1 Å². The Morgan fingerprint density at radius 2 is 1.72 bits per heavy atom. The molecule has 0 rings (SSSR count). The average molecular weight is 257 g/mol. The highest BCUT2D eigenvalue weighted by atomic mass is 16.5. The summed E-state index contributed by atoms with van der Waals surface area (Å²) >= 11 is 0. The molecule has 0 fully saturated rings. The molecular weight excluding hydrogens is 230 g/mol. The summed E-state index contributed by atoms with van der Waals surface area (Å²) in [5, 5.41) is 0. The molecule has 106 valence electrons. The lowest BCUT2D eigenvalue weighted by atomic mass is 9.93. The Morgan fingerprint density at radius 3 is 2.11 bits per heavy atom. The third-order valence-corrected chi connectivity index (χ3v) is 2.89. The fraction of sp³-hybridized carbons (Fsp3) is 0.857. The molecule has 0 spiro atoms. The molecule has 4 heteroatoms. The van der Waals surface area contributed by atoms with E-state index in [1.165, 1.54) is 0 Å².